The zero-order valence-corrected chi connectivity index (χ0v) is 18.4. The van der Waals surface area contributed by atoms with Crippen LogP contribution in [0.15, 0.2) is 30.3 Å². The maximum Gasteiger partial charge on any atom is 0.221 e. The molecule has 0 saturated carbocycles. The second-order valence-corrected chi connectivity index (χ2v) is 7.95. The first-order chi connectivity index (χ1) is 13.9. The molecule has 2 aromatic carbocycles. The van der Waals surface area contributed by atoms with Gasteiger partial charge in [-0.05, 0) is 54.8 Å². The number of fused-ring (bicyclic) bond motifs is 1. The quantitative estimate of drug-likeness (QED) is 0.523. The molecule has 1 heterocycles. The van der Waals surface area contributed by atoms with E-state index in [-0.39, 0.29) is 5.91 Å². The van der Waals surface area contributed by atoms with Gasteiger partial charge in [-0.15, -0.1) is 0 Å². The van der Waals surface area contributed by atoms with Crippen molar-refractivity contribution in [2.45, 2.75) is 33.2 Å². The Morgan fingerprint density at radius 3 is 2.66 bits per heavy atom. The first-order valence-corrected chi connectivity index (χ1v) is 10.3. The highest BCUT2D eigenvalue weighted by Gasteiger charge is 2.15. The number of amides is 1. The largest absolute Gasteiger partial charge is 0.383 e. The molecule has 0 aliphatic rings. The summed E-state index contributed by atoms with van der Waals surface area (Å²) in [5, 5.41) is 4.08. The maximum absolute atomic E-state index is 12.2. The number of imidazole rings is 1. The highest BCUT2D eigenvalue weighted by Crippen LogP contribution is 2.26. The average Bonchev–Trinajstić information content (AvgIpc) is 2.99. The Morgan fingerprint density at radius 2 is 1.93 bits per heavy atom. The summed E-state index contributed by atoms with van der Waals surface area (Å²) in [7, 11) is 1.61. The van der Waals surface area contributed by atoms with E-state index in [4.69, 9.17) is 32.9 Å². The lowest BCUT2D eigenvalue weighted by atomic mass is 10.1. The van der Waals surface area contributed by atoms with Gasteiger partial charge in [0.25, 0.3) is 0 Å². The fourth-order valence-electron chi connectivity index (χ4n) is 3.24. The molecule has 29 heavy (non-hydrogen) atoms. The first-order valence-electron chi connectivity index (χ1n) is 9.55. The third-order valence-electron chi connectivity index (χ3n) is 5.00. The number of halogens is 2. The van der Waals surface area contributed by atoms with Crippen LogP contribution in [0.2, 0.25) is 10.0 Å². The van der Waals surface area contributed by atoms with Crippen LogP contribution in [0, 0.1) is 13.8 Å². The molecule has 0 unspecified atom stereocenters. The van der Waals surface area contributed by atoms with Gasteiger partial charge in [-0.2, -0.15) is 0 Å². The lowest BCUT2D eigenvalue weighted by molar-refractivity contribution is -0.121. The van der Waals surface area contributed by atoms with Gasteiger partial charge < -0.3 is 14.6 Å². The molecule has 1 amide bonds. The molecule has 0 atom stereocenters. The summed E-state index contributed by atoms with van der Waals surface area (Å²) in [6, 6.07) is 9.71. The number of ether oxygens (including phenoxy) is 1. The molecule has 5 nitrogen and oxygen atoms in total. The summed E-state index contributed by atoms with van der Waals surface area (Å²) in [6.45, 7) is 5.70. The van der Waals surface area contributed by atoms with Crippen LogP contribution in [-0.4, -0.2) is 35.7 Å². The van der Waals surface area contributed by atoms with Crippen LogP contribution in [-0.2, 0) is 22.5 Å². The standard InChI is InChI=1S/C22H25Cl2N3O2/c1-14-10-19-20(11-15(14)2)27(8-6-22(28)25-7-9-29-3)21(26-19)12-16-4-5-17(23)13-18(16)24/h4-5,10-11,13H,6-9,12H2,1-3H3,(H,25,28). The summed E-state index contributed by atoms with van der Waals surface area (Å²) >= 11 is 12.4. The number of aromatic nitrogens is 2. The number of aryl methyl sites for hydroxylation is 3. The molecule has 0 bridgehead atoms. The molecule has 0 aliphatic heterocycles. The second kappa shape index (κ2) is 9.61. The summed E-state index contributed by atoms with van der Waals surface area (Å²) in [5.74, 6) is 0.863. The van der Waals surface area contributed by atoms with Gasteiger partial charge in [0, 0.05) is 43.1 Å². The maximum atomic E-state index is 12.2. The first kappa shape index (κ1) is 21.6. The smallest absolute Gasteiger partial charge is 0.221 e. The van der Waals surface area contributed by atoms with Crippen molar-refractivity contribution >= 4 is 40.1 Å². The molecule has 1 aromatic heterocycles. The van der Waals surface area contributed by atoms with Gasteiger partial charge in [-0.1, -0.05) is 29.3 Å². The summed E-state index contributed by atoms with van der Waals surface area (Å²) in [6.07, 6.45) is 0.928. The van der Waals surface area contributed by atoms with E-state index < -0.39 is 0 Å². The monoisotopic (exact) mass is 433 g/mol. The van der Waals surface area contributed by atoms with Crippen molar-refractivity contribution < 1.29 is 9.53 Å². The van der Waals surface area contributed by atoms with E-state index in [0.29, 0.717) is 42.6 Å². The number of benzene rings is 2. The Hall–Kier alpha value is -2.08. The van der Waals surface area contributed by atoms with Crippen LogP contribution in [0.4, 0.5) is 0 Å². The minimum Gasteiger partial charge on any atom is -0.383 e. The van der Waals surface area contributed by atoms with Gasteiger partial charge in [-0.3, -0.25) is 4.79 Å². The third kappa shape index (κ3) is 5.30. The van der Waals surface area contributed by atoms with E-state index >= 15 is 0 Å². The SMILES string of the molecule is COCCNC(=O)CCn1c(Cc2ccc(Cl)cc2Cl)nc2cc(C)c(C)cc21. The second-order valence-electron chi connectivity index (χ2n) is 7.11. The van der Waals surface area contributed by atoms with E-state index in [1.165, 1.54) is 11.1 Å². The van der Waals surface area contributed by atoms with Crippen molar-refractivity contribution in [3.63, 3.8) is 0 Å². The number of nitrogens with zero attached hydrogens (tertiary/aromatic N) is 2. The van der Waals surface area contributed by atoms with Crippen molar-refractivity contribution in [1.82, 2.24) is 14.9 Å². The number of carbonyl (C=O) groups excluding carboxylic acids is 1. The Labute approximate surface area is 181 Å². The number of hydrogen-bond acceptors (Lipinski definition) is 3. The molecule has 0 aliphatic carbocycles. The number of rotatable bonds is 8. The van der Waals surface area contributed by atoms with Crippen LogP contribution in [0.3, 0.4) is 0 Å². The van der Waals surface area contributed by atoms with Gasteiger partial charge in [0.15, 0.2) is 0 Å². The predicted molar refractivity (Wildman–Crippen MR) is 118 cm³/mol. The Balaban J connectivity index is 1.91. The Morgan fingerprint density at radius 1 is 1.17 bits per heavy atom. The van der Waals surface area contributed by atoms with Crippen molar-refractivity contribution in [3.8, 4) is 0 Å². The van der Waals surface area contributed by atoms with Crippen LogP contribution < -0.4 is 5.32 Å². The van der Waals surface area contributed by atoms with Crippen molar-refractivity contribution in [2.75, 3.05) is 20.3 Å². The third-order valence-corrected chi connectivity index (χ3v) is 5.58. The van der Waals surface area contributed by atoms with Crippen LogP contribution in [0.5, 0.6) is 0 Å². The summed E-state index contributed by atoms with van der Waals surface area (Å²) in [5.41, 5.74) is 5.28. The summed E-state index contributed by atoms with van der Waals surface area (Å²) in [4.78, 5) is 17.0. The fourth-order valence-corrected chi connectivity index (χ4v) is 3.72. The number of methoxy groups -OCH3 is 1. The normalized spacial score (nSPS) is 11.2. The van der Waals surface area contributed by atoms with Crippen LogP contribution in [0.1, 0.15) is 28.9 Å². The number of carbonyl (C=O) groups is 1. The zero-order valence-electron chi connectivity index (χ0n) is 16.9. The van der Waals surface area contributed by atoms with Gasteiger partial charge in [0.2, 0.25) is 5.91 Å². The highest BCUT2D eigenvalue weighted by molar-refractivity contribution is 6.35. The van der Waals surface area contributed by atoms with E-state index in [0.717, 1.165) is 22.4 Å². The Kier molecular flexibility index (Phi) is 7.17. The van der Waals surface area contributed by atoms with E-state index in [1.54, 1.807) is 13.2 Å². The number of nitrogens with one attached hydrogen (secondary N) is 1. The minimum absolute atomic E-state index is 0.0109. The molecule has 0 radical (unpaired) electrons. The van der Waals surface area contributed by atoms with Gasteiger partial charge in [-0.25, -0.2) is 4.98 Å². The van der Waals surface area contributed by atoms with Gasteiger partial charge in [0.1, 0.15) is 5.82 Å². The molecule has 0 fully saturated rings. The minimum atomic E-state index is -0.0109. The molecular weight excluding hydrogens is 409 g/mol. The molecule has 0 saturated heterocycles. The van der Waals surface area contributed by atoms with E-state index in [9.17, 15) is 4.79 Å². The highest BCUT2D eigenvalue weighted by atomic mass is 35.5. The van der Waals surface area contributed by atoms with Crippen molar-refractivity contribution in [1.29, 1.82) is 0 Å². The topological polar surface area (TPSA) is 56.1 Å². The fraction of sp³-hybridized carbons (Fsp3) is 0.364. The molecule has 7 heteroatoms. The lowest BCUT2D eigenvalue weighted by Crippen LogP contribution is -2.27. The van der Waals surface area contributed by atoms with Crippen LogP contribution in [0.25, 0.3) is 11.0 Å². The molecular formula is C22H25Cl2N3O2. The predicted octanol–water partition coefficient (Wildman–Crippen LogP) is 4.70. The molecule has 154 valence electrons. The number of hydrogen-bond donors (Lipinski definition) is 1. The zero-order chi connectivity index (χ0) is 21.0. The molecule has 0 spiro atoms. The Bertz CT molecular complexity index is 1030. The van der Waals surface area contributed by atoms with E-state index in [1.807, 2.05) is 12.1 Å². The summed E-state index contributed by atoms with van der Waals surface area (Å²) < 4.78 is 7.09. The van der Waals surface area contributed by atoms with E-state index in [2.05, 4.69) is 35.9 Å². The molecule has 1 N–H and O–H groups in total. The van der Waals surface area contributed by atoms with Crippen molar-refractivity contribution in [3.05, 3.63) is 62.9 Å². The van der Waals surface area contributed by atoms with Gasteiger partial charge in [0.05, 0.1) is 17.6 Å². The van der Waals surface area contributed by atoms with Crippen molar-refractivity contribution in [2.24, 2.45) is 0 Å². The van der Waals surface area contributed by atoms with Crippen LogP contribution >= 0.6 is 23.2 Å². The average molecular weight is 434 g/mol. The lowest BCUT2D eigenvalue weighted by Gasteiger charge is -2.11. The molecule has 3 rings (SSSR count). The van der Waals surface area contributed by atoms with Gasteiger partial charge >= 0.3 is 0 Å². The molecule has 3 aromatic rings.